The third-order valence-electron chi connectivity index (χ3n) is 3.30. The number of carboxylic acids is 1. The molecular formula is C12H19F3N2O3. The molecule has 0 aliphatic carbocycles. The quantitative estimate of drug-likeness (QED) is 0.727. The Balaban J connectivity index is 2.17. The van der Waals surface area contributed by atoms with Gasteiger partial charge in [0.05, 0.1) is 0 Å². The summed E-state index contributed by atoms with van der Waals surface area (Å²) in [6.45, 7) is 1.99. The van der Waals surface area contributed by atoms with Crippen molar-refractivity contribution < 1.29 is 27.9 Å². The number of piperidine rings is 1. The van der Waals surface area contributed by atoms with Crippen LogP contribution in [0.3, 0.4) is 0 Å². The first kappa shape index (κ1) is 16.7. The monoisotopic (exact) mass is 296 g/mol. The van der Waals surface area contributed by atoms with E-state index in [1.807, 2.05) is 5.32 Å². The van der Waals surface area contributed by atoms with Gasteiger partial charge in [-0.3, -0.25) is 9.59 Å². The lowest BCUT2D eigenvalue weighted by molar-refractivity contribution is -0.174. The molecule has 1 saturated heterocycles. The number of unbranched alkanes of at least 4 members (excludes halogenated alkanes) is 1. The van der Waals surface area contributed by atoms with Crippen LogP contribution in [0.25, 0.3) is 0 Å². The van der Waals surface area contributed by atoms with Gasteiger partial charge in [0.15, 0.2) is 0 Å². The van der Waals surface area contributed by atoms with Crippen molar-refractivity contribution in [1.29, 1.82) is 0 Å². The molecule has 8 heteroatoms. The van der Waals surface area contributed by atoms with Crippen LogP contribution >= 0.6 is 0 Å². The first-order valence-electron chi connectivity index (χ1n) is 6.61. The van der Waals surface area contributed by atoms with Gasteiger partial charge in [0, 0.05) is 25.6 Å². The van der Waals surface area contributed by atoms with Crippen molar-refractivity contribution in [2.24, 2.45) is 0 Å². The summed E-state index contributed by atoms with van der Waals surface area (Å²) in [7, 11) is 0. The molecule has 0 spiro atoms. The number of hydrogen-bond donors (Lipinski definition) is 2. The highest BCUT2D eigenvalue weighted by atomic mass is 19.4. The Morgan fingerprint density at radius 3 is 2.30 bits per heavy atom. The Bertz CT molecular complexity index is 339. The van der Waals surface area contributed by atoms with Gasteiger partial charge >= 0.3 is 18.1 Å². The summed E-state index contributed by atoms with van der Waals surface area (Å²) >= 11 is 0. The topological polar surface area (TPSA) is 69.6 Å². The van der Waals surface area contributed by atoms with Crippen molar-refractivity contribution in [3.8, 4) is 0 Å². The molecule has 116 valence electrons. The Morgan fingerprint density at radius 1 is 1.20 bits per heavy atom. The summed E-state index contributed by atoms with van der Waals surface area (Å²) in [6, 6.07) is -0.431. The predicted octanol–water partition coefficient (Wildman–Crippen LogP) is 1.38. The summed E-state index contributed by atoms with van der Waals surface area (Å²) in [4.78, 5) is 23.2. The van der Waals surface area contributed by atoms with Crippen LogP contribution in [-0.2, 0) is 9.59 Å². The lowest BCUT2D eigenvalue weighted by atomic mass is 10.0. The minimum atomic E-state index is -4.83. The van der Waals surface area contributed by atoms with Gasteiger partial charge in [0.1, 0.15) is 0 Å². The van der Waals surface area contributed by atoms with Gasteiger partial charge in [0.25, 0.3) is 0 Å². The molecule has 0 atom stereocenters. The second-order valence-corrected chi connectivity index (χ2v) is 4.94. The number of rotatable bonds is 6. The van der Waals surface area contributed by atoms with E-state index in [-0.39, 0.29) is 6.42 Å². The van der Waals surface area contributed by atoms with E-state index in [1.165, 1.54) is 0 Å². The van der Waals surface area contributed by atoms with Crippen molar-refractivity contribution in [2.45, 2.75) is 44.3 Å². The largest absolute Gasteiger partial charge is 0.481 e. The van der Waals surface area contributed by atoms with Crippen LogP contribution in [0.4, 0.5) is 13.2 Å². The van der Waals surface area contributed by atoms with Crippen LogP contribution in [-0.4, -0.2) is 53.7 Å². The number of amides is 1. The Morgan fingerprint density at radius 2 is 1.80 bits per heavy atom. The number of alkyl halides is 3. The van der Waals surface area contributed by atoms with Crippen molar-refractivity contribution in [1.82, 2.24) is 10.2 Å². The molecule has 1 rings (SSSR count). The molecule has 0 aromatic carbocycles. The number of nitrogens with zero attached hydrogens (tertiary/aromatic N) is 1. The average molecular weight is 296 g/mol. The summed E-state index contributed by atoms with van der Waals surface area (Å²) in [6.07, 6.45) is -2.36. The van der Waals surface area contributed by atoms with Gasteiger partial charge in [-0.1, -0.05) is 0 Å². The number of hydrogen-bond acceptors (Lipinski definition) is 3. The van der Waals surface area contributed by atoms with Crippen LogP contribution in [0, 0.1) is 0 Å². The Labute approximate surface area is 115 Å². The number of carbonyl (C=O) groups excluding carboxylic acids is 1. The summed E-state index contributed by atoms with van der Waals surface area (Å²) < 4.78 is 36.2. The molecule has 0 radical (unpaired) electrons. The van der Waals surface area contributed by atoms with Crippen LogP contribution in [0.2, 0.25) is 0 Å². The number of carboxylic acid groups (broad SMARTS) is 1. The van der Waals surface area contributed by atoms with E-state index in [0.717, 1.165) is 13.0 Å². The fraction of sp³-hybridized carbons (Fsp3) is 0.833. The maximum Gasteiger partial charge on any atom is 0.471 e. The first-order chi connectivity index (χ1) is 9.29. The van der Waals surface area contributed by atoms with E-state index in [2.05, 4.69) is 4.90 Å². The molecular weight excluding hydrogens is 277 g/mol. The van der Waals surface area contributed by atoms with Crippen LogP contribution in [0.1, 0.15) is 32.1 Å². The predicted molar refractivity (Wildman–Crippen MR) is 65.1 cm³/mol. The molecule has 2 N–H and O–H groups in total. The summed E-state index contributed by atoms with van der Waals surface area (Å²) in [5.41, 5.74) is 0. The second kappa shape index (κ2) is 7.47. The first-order valence-corrected chi connectivity index (χ1v) is 6.61. The van der Waals surface area contributed by atoms with Crippen molar-refractivity contribution >= 4 is 11.9 Å². The second-order valence-electron chi connectivity index (χ2n) is 4.94. The number of likely N-dealkylation sites (tertiary alicyclic amines) is 1. The SMILES string of the molecule is O=C(O)CCCCN1CCC(NC(=O)C(F)(F)F)CC1. The standard InChI is InChI=1S/C12H19F3N2O3/c13-12(14,15)11(20)16-9-4-7-17(8-5-9)6-2-1-3-10(18)19/h9H,1-8H2,(H,16,20)(H,18,19). The highest BCUT2D eigenvalue weighted by Gasteiger charge is 2.39. The molecule has 0 bridgehead atoms. The highest BCUT2D eigenvalue weighted by Crippen LogP contribution is 2.17. The zero-order valence-electron chi connectivity index (χ0n) is 11.1. The number of carbonyl (C=O) groups is 2. The van der Waals surface area contributed by atoms with Crippen molar-refractivity contribution in [3.63, 3.8) is 0 Å². The molecule has 1 fully saturated rings. The lowest BCUT2D eigenvalue weighted by Gasteiger charge is -2.32. The van der Waals surface area contributed by atoms with E-state index in [1.54, 1.807) is 0 Å². The van der Waals surface area contributed by atoms with Gasteiger partial charge in [-0.05, 0) is 32.2 Å². The Kier molecular flexibility index (Phi) is 6.25. The van der Waals surface area contributed by atoms with Gasteiger partial charge < -0.3 is 15.3 Å². The highest BCUT2D eigenvalue weighted by molar-refractivity contribution is 5.81. The maximum absolute atomic E-state index is 12.1. The molecule has 5 nitrogen and oxygen atoms in total. The maximum atomic E-state index is 12.1. The molecule has 1 amide bonds. The molecule has 0 unspecified atom stereocenters. The molecule has 0 saturated carbocycles. The zero-order chi connectivity index (χ0) is 15.2. The van der Waals surface area contributed by atoms with Gasteiger partial charge in [0.2, 0.25) is 0 Å². The van der Waals surface area contributed by atoms with Gasteiger partial charge in [-0.2, -0.15) is 13.2 Å². The summed E-state index contributed by atoms with van der Waals surface area (Å²) in [5.74, 6) is -2.70. The van der Waals surface area contributed by atoms with Crippen molar-refractivity contribution in [3.05, 3.63) is 0 Å². The van der Waals surface area contributed by atoms with Gasteiger partial charge in [-0.25, -0.2) is 0 Å². The number of nitrogens with one attached hydrogen (secondary N) is 1. The minimum Gasteiger partial charge on any atom is -0.481 e. The molecule has 0 aromatic rings. The average Bonchev–Trinajstić information content (AvgIpc) is 2.35. The van der Waals surface area contributed by atoms with E-state index >= 15 is 0 Å². The number of aliphatic carboxylic acids is 1. The normalized spacial score (nSPS) is 17.9. The number of halogens is 3. The fourth-order valence-electron chi connectivity index (χ4n) is 2.18. The molecule has 1 aliphatic rings. The fourth-order valence-corrected chi connectivity index (χ4v) is 2.18. The third-order valence-corrected chi connectivity index (χ3v) is 3.30. The third kappa shape index (κ3) is 6.23. The summed E-state index contributed by atoms with van der Waals surface area (Å²) in [5, 5.41) is 10.5. The van der Waals surface area contributed by atoms with Crippen molar-refractivity contribution in [2.75, 3.05) is 19.6 Å². The lowest BCUT2D eigenvalue weighted by Crippen LogP contribution is -2.48. The smallest absolute Gasteiger partial charge is 0.471 e. The Hall–Kier alpha value is -1.31. The van der Waals surface area contributed by atoms with Crippen LogP contribution in [0.5, 0.6) is 0 Å². The van der Waals surface area contributed by atoms with E-state index < -0.39 is 24.1 Å². The molecule has 1 aliphatic heterocycles. The molecule has 20 heavy (non-hydrogen) atoms. The zero-order valence-corrected chi connectivity index (χ0v) is 11.1. The van der Waals surface area contributed by atoms with E-state index in [4.69, 9.17) is 5.11 Å². The minimum absolute atomic E-state index is 0.137. The van der Waals surface area contributed by atoms with Crippen LogP contribution < -0.4 is 5.32 Å². The van der Waals surface area contributed by atoms with Gasteiger partial charge in [-0.15, -0.1) is 0 Å². The van der Waals surface area contributed by atoms with E-state index in [9.17, 15) is 22.8 Å². The van der Waals surface area contributed by atoms with Crippen LogP contribution in [0.15, 0.2) is 0 Å². The molecule has 0 aromatic heterocycles. The molecule has 1 heterocycles. The van der Waals surface area contributed by atoms with E-state index in [0.29, 0.717) is 32.4 Å².